The van der Waals surface area contributed by atoms with Crippen molar-refractivity contribution in [3.05, 3.63) is 35.9 Å². The Morgan fingerprint density at radius 3 is 1.92 bits per heavy atom. The Morgan fingerprint density at radius 1 is 0.885 bits per heavy atom. The molecule has 0 bridgehead atoms. The van der Waals surface area contributed by atoms with Crippen LogP contribution in [0.3, 0.4) is 0 Å². The van der Waals surface area contributed by atoms with E-state index in [0.717, 1.165) is 19.3 Å². The van der Waals surface area contributed by atoms with Crippen molar-refractivity contribution in [2.75, 3.05) is 13.2 Å². The number of rotatable bonds is 8. The molecule has 0 aliphatic carbocycles. The van der Waals surface area contributed by atoms with Gasteiger partial charge in [0.25, 0.3) is 0 Å². The first-order valence-electron chi connectivity index (χ1n) is 9.11. The summed E-state index contributed by atoms with van der Waals surface area (Å²) in [7, 11) is 0. The SMILES string of the molecule is CCCOc1ccc2c(oc3c(F)c(OCCCC(C)C)ccc32)c1F. The number of hydrogen-bond donors (Lipinski definition) is 0. The molecule has 0 aliphatic rings. The predicted molar refractivity (Wildman–Crippen MR) is 99.0 cm³/mol. The van der Waals surface area contributed by atoms with Crippen LogP contribution in [0.1, 0.15) is 40.0 Å². The number of hydrogen-bond acceptors (Lipinski definition) is 3. The van der Waals surface area contributed by atoms with Gasteiger partial charge in [0, 0.05) is 10.8 Å². The lowest BCUT2D eigenvalue weighted by atomic mass is 10.1. The van der Waals surface area contributed by atoms with Crippen LogP contribution in [0.25, 0.3) is 21.9 Å². The molecule has 0 saturated carbocycles. The largest absolute Gasteiger partial charge is 0.490 e. The first kappa shape index (κ1) is 18.5. The molecule has 3 aromatic rings. The number of fused-ring (bicyclic) bond motifs is 3. The number of benzene rings is 2. The van der Waals surface area contributed by atoms with E-state index < -0.39 is 11.6 Å². The summed E-state index contributed by atoms with van der Waals surface area (Å²) in [5.41, 5.74) is 0.0114. The molecule has 0 aliphatic heterocycles. The average Bonchev–Trinajstić information content (AvgIpc) is 3.00. The highest BCUT2D eigenvalue weighted by Gasteiger charge is 2.20. The first-order chi connectivity index (χ1) is 12.5. The molecule has 3 nitrogen and oxygen atoms in total. The summed E-state index contributed by atoms with van der Waals surface area (Å²) in [6, 6.07) is 6.52. The van der Waals surface area contributed by atoms with Crippen molar-refractivity contribution in [2.24, 2.45) is 5.92 Å². The maximum atomic E-state index is 14.8. The van der Waals surface area contributed by atoms with E-state index in [4.69, 9.17) is 13.9 Å². The Labute approximate surface area is 151 Å². The van der Waals surface area contributed by atoms with E-state index in [0.29, 0.717) is 29.9 Å². The highest BCUT2D eigenvalue weighted by molar-refractivity contribution is 6.06. The van der Waals surface area contributed by atoms with Crippen molar-refractivity contribution in [2.45, 2.75) is 40.0 Å². The summed E-state index contributed by atoms with van der Waals surface area (Å²) >= 11 is 0. The number of ether oxygens (including phenoxy) is 2. The zero-order valence-corrected chi connectivity index (χ0v) is 15.4. The second-order valence-electron chi connectivity index (χ2n) is 6.84. The van der Waals surface area contributed by atoms with Crippen molar-refractivity contribution < 1.29 is 22.7 Å². The van der Waals surface area contributed by atoms with E-state index in [2.05, 4.69) is 13.8 Å². The third-order valence-electron chi connectivity index (χ3n) is 4.26. The van der Waals surface area contributed by atoms with Gasteiger partial charge in [-0.1, -0.05) is 20.8 Å². The quantitative estimate of drug-likeness (QED) is 0.431. The van der Waals surface area contributed by atoms with Gasteiger partial charge < -0.3 is 13.9 Å². The zero-order chi connectivity index (χ0) is 18.7. The van der Waals surface area contributed by atoms with Gasteiger partial charge in [-0.15, -0.1) is 0 Å². The van der Waals surface area contributed by atoms with Crippen LogP contribution in [0.5, 0.6) is 11.5 Å². The molecule has 0 saturated heterocycles. The van der Waals surface area contributed by atoms with Crippen LogP contribution >= 0.6 is 0 Å². The minimum Gasteiger partial charge on any atom is -0.490 e. The van der Waals surface area contributed by atoms with Gasteiger partial charge in [0.15, 0.2) is 22.7 Å². The van der Waals surface area contributed by atoms with Crippen molar-refractivity contribution in [1.29, 1.82) is 0 Å². The van der Waals surface area contributed by atoms with Crippen LogP contribution in [-0.4, -0.2) is 13.2 Å². The van der Waals surface area contributed by atoms with Crippen LogP contribution in [0.15, 0.2) is 28.7 Å². The lowest BCUT2D eigenvalue weighted by molar-refractivity contribution is 0.284. The van der Waals surface area contributed by atoms with Gasteiger partial charge in [-0.3, -0.25) is 0 Å². The van der Waals surface area contributed by atoms with Crippen LogP contribution in [0.4, 0.5) is 8.78 Å². The van der Waals surface area contributed by atoms with Crippen LogP contribution in [-0.2, 0) is 0 Å². The molecule has 140 valence electrons. The summed E-state index contributed by atoms with van der Waals surface area (Å²) in [4.78, 5) is 0. The van der Waals surface area contributed by atoms with Crippen molar-refractivity contribution in [3.63, 3.8) is 0 Å². The van der Waals surface area contributed by atoms with Crippen LogP contribution in [0, 0.1) is 17.6 Å². The summed E-state index contributed by atoms with van der Waals surface area (Å²) < 4.78 is 45.8. The predicted octanol–water partition coefficient (Wildman–Crippen LogP) is 6.47. The molecule has 1 aromatic heterocycles. The molecule has 0 N–H and O–H groups in total. The van der Waals surface area contributed by atoms with Crippen molar-refractivity contribution in [3.8, 4) is 11.5 Å². The third-order valence-corrected chi connectivity index (χ3v) is 4.26. The van der Waals surface area contributed by atoms with E-state index in [1.807, 2.05) is 6.92 Å². The van der Waals surface area contributed by atoms with Gasteiger partial charge >= 0.3 is 0 Å². The van der Waals surface area contributed by atoms with Crippen molar-refractivity contribution >= 4 is 21.9 Å². The van der Waals surface area contributed by atoms with Gasteiger partial charge in [0.2, 0.25) is 11.6 Å². The molecule has 0 fully saturated rings. The topological polar surface area (TPSA) is 31.6 Å². The first-order valence-corrected chi connectivity index (χ1v) is 9.11. The lowest BCUT2D eigenvalue weighted by Crippen LogP contribution is -2.01. The molecular weight excluding hydrogens is 338 g/mol. The summed E-state index contributed by atoms with van der Waals surface area (Å²) in [6.07, 6.45) is 2.63. The molecule has 2 aromatic carbocycles. The van der Waals surface area contributed by atoms with Crippen LogP contribution < -0.4 is 9.47 Å². The summed E-state index contributed by atoms with van der Waals surface area (Å²) in [5.74, 6) is -0.384. The van der Waals surface area contributed by atoms with Crippen LogP contribution in [0.2, 0.25) is 0 Å². The third kappa shape index (κ3) is 3.62. The highest BCUT2D eigenvalue weighted by Crippen LogP contribution is 2.37. The summed E-state index contributed by atoms with van der Waals surface area (Å²) in [5, 5.41) is 1.04. The average molecular weight is 362 g/mol. The minimum atomic E-state index is -0.606. The molecule has 0 atom stereocenters. The Morgan fingerprint density at radius 2 is 1.42 bits per heavy atom. The number of halogens is 2. The normalized spacial score (nSPS) is 11.6. The second-order valence-corrected chi connectivity index (χ2v) is 6.84. The van der Waals surface area contributed by atoms with Gasteiger partial charge in [0.1, 0.15) is 0 Å². The number of furan rings is 1. The Hall–Kier alpha value is -2.30. The molecule has 3 rings (SSSR count). The van der Waals surface area contributed by atoms with Gasteiger partial charge in [-0.25, -0.2) is 0 Å². The Bertz CT molecular complexity index is 899. The fraction of sp³-hybridized carbons (Fsp3) is 0.429. The lowest BCUT2D eigenvalue weighted by Gasteiger charge is -2.08. The molecule has 1 heterocycles. The zero-order valence-electron chi connectivity index (χ0n) is 15.4. The fourth-order valence-electron chi connectivity index (χ4n) is 2.91. The molecule has 0 amide bonds. The van der Waals surface area contributed by atoms with Gasteiger partial charge in [-0.2, -0.15) is 8.78 Å². The molecule has 0 unspecified atom stereocenters. The molecule has 26 heavy (non-hydrogen) atoms. The Kier molecular flexibility index (Phi) is 5.64. The maximum absolute atomic E-state index is 14.8. The molecule has 0 radical (unpaired) electrons. The van der Waals surface area contributed by atoms with E-state index in [-0.39, 0.29) is 22.7 Å². The molecule has 0 spiro atoms. The fourth-order valence-corrected chi connectivity index (χ4v) is 2.91. The highest BCUT2D eigenvalue weighted by atomic mass is 19.1. The van der Waals surface area contributed by atoms with E-state index in [9.17, 15) is 8.78 Å². The van der Waals surface area contributed by atoms with Gasteiger partial charge in [-0.05, 0) is 49.4 Å². The minimum absolute atomic E-state index is 0.00413. The monoisotopic (exact) mass is 362 g/mol. The molecule has 5 heteroatoms. The van der Waals surface area contributed by atoms with Gasteiger partial charge in [0.05, 0.1) is 13.2 Å². The molecular formula is C21H24F2O3. The smallest absolute Gasteiger partial charge is 0.208 e. The second kappa shape index (κ2) is 7.94. The van der Waals surface area contributed by atoms with Crippen molar-refractivity contribution in [1.82, 2.24) is 0 Å². The standard InChI is InChI=1S/C21H24F2O3/c1-4-11-24-16-9-7-14-15-8-10-17(25-12-5-6-13(2)3)19(23)21(15)26-20(14)18(16)22/h7-10,13H,4-6,11-12H2,1-3H3. The van der Waals surface area contributed by atoms with E-state index >= 15 is 0 Å². The maximum Gasteiger partial charge on any atom is 0.208 e. The van der Waals surface area contributed by atoms with E-state index in [1.54, 1.807) is 24.3 Å². The van der Waals surface area contributed by atoms with E-state index in [1.165, 1.54) is 0 Å². The summed E-state index contributed by atoms with van der Waals surface area (Å²) in [6.45, 7) is 7.05. The Balaban J connectivity index is 1.92.